The average Bonchev–Trinajstić information content (AvgIpc) is 3.33. The van der Waals surface area contributed by atoms with Crippen molar-refractivity contribution in [2.45, 2.75) is 24.8 Å². The van der Waals surface area contributed by atoms with Gasteiger partial charge in [0.05, 0.1) is 4.90 Å². The molecule has 3 nitrogen and oxygen atoms in total. The second kappa shape index (κ2) is 11.0. The lowest BCUT2D eigenvalue weighted by molar-refractivity contribution is 0.464. The topological polar surface area (TPSA) is 37.4 Å². The van der Waals surface area contributed by atoms with E-state index in [4.69, 9.17) is 0 Å². The number of benzene rings is 4. The second-order valence-electron chi connectivity index (χ2n) is 9.85. The maximum absolute atomic E-state index is 13.7. The molecule has 1 heterocycles. The van der Waals surface area contributed by atoms with Crippen LogP contribution in [0.4, 0.5) is 0 Å². The molecule has 1 aliphatic heterocycles. The molecule has 4 aromatic carbocycles. The minimum Gasteiger partial charge on any atom is -0.207 e. The van der Waals surface area contributed by atoms with Crippen molar-refractivity contribution >= 4 is 35.3 Å². The maximum Gasteiger partial charge on any atom is 0.243 e. The third-order valence-corrected chi connectivity index (χ3v) is 11.9. The summed E-state index contributed by atoms with van der Waals surface area (Å²) in [5.41, 5.74) is 4.57. The Balaban J connectivity index is 1.52. The highest BCUT2D eigenvalue weighted by Crippen LogP contribution is 2.33. The standard InChI is InChI=1S/C32H32NO2SSi/c1-25-13-17-27(18-14-25)21-28-22-33(36(34,35)30-19-15-26(2)16-20-30)23-29(28)24-37(31-9-5-3-6-10-31)32-11-7-4-8-12-32/h3-21,29H,22-24H2,1-2H3/b28-21+. The molecule has 0 saturated carbocycles. The van der Waals surface area contributed by atoms with Crippen LogP contribution < -0.4 is 10.4 Å². The first kappa shape index (κ1) is 25.4. The van der Waals surface area contributed by atoms with Crippen molar-refractivity contribution in [2.24, 2.45) is 5.92 Å². The van der Waals surface area contributed by atoms with Gasteiger partial charge in [-0.25, -0.2) is 8.42 Å². The minimum absolute atomic E-state index is 0.149. The fraction of sp³-hybridized carbons (Fsp3) is 0.188. The number of nitrogens with zero attached hydrogens (tertiary/aromatic N) is 1. The average molecular weight is 523 g/mol. The van der Waals surface area contributed by atoms with Crippen molar-refractivity contribution in [1.29, 1.82) is 0 Å². The summed E-state index contributed by atoms with van der Waals surface area (Å²) in [6.45, 7) is 4.98. The van der Waals surface area contributed by atoms with Gasteiger partial charge in [-0.3, -0.25) is 0 Å². The van der Waals surface area contributed by atoms with E-state index in [9.17, 15) is 8.42 Å². The van der Waals surface area contributed by atoms with Gasteiger partial charge < -0.3 is 0 Å². The van der Waals surface area contributed by atoms with Crippen LogP contribution in [0.25, 0.3) is 6.08 Å². The molecule has 0 bridgehead atoms. The molecule has 187 valence electrons. The lowest BCUT2D eigenvalue weighted by Crippen LogP contribution is -2.43. The zero-order valence-electron chi connectivity index (χ0n) is 21.3. The third kappa shape index (κ3) is 5.85. The largest absolute Gasteiger partial charge is 0.243 e. The van der Waals surface area contributed by atoms with Gasteiger partial charge >= 0.3 is 0 Å². The number of rotatable bonds is 7. The van der Waals surface area contributed by atoms with Gasteiger partial charge in [-0.1, -0.05) is 130 Å². The highest BCUT2D eigenvalue weighted by Gasteiger charge is 2.37. The molecule has 1 radical (unpaired) electrons. The fourth-order valence-electron chi connectivity index (χ4n) is 4.97. The summed E-state index contributed by atoms with van der Waals surface area (Å²) in [5, 5.41) is 2.71. The molecule has 4 aromatic rings. The molecule has 0 spiro atoms. The van der Waals surface area contributed by atoms with Crippen LogP contribution in [0.3, 0.4) is 0 Å². The zero-order valence-corrected chi connectivity index (χ0v) is 23.2. The highest BCUT2D eigenvalue weighted by atomic mass is 32.2. The first-order valence-electron chi connectivity index (χ1n) is 12.7. The SMILES string of the molecule is Cc1ccc(/C=C2\CN(S(=O)(=O)c3ccc(C)cc3)CC2C[Si](c2ccccc2)c2ccccc2)cc1. The van der Waals surface area contributed by atoms with E-state index < -0.39 is 18.8 Å². The zero-order chi connectivity index (χ0) is 25.8. The minimum atomic E-state index is -3.58. The molecule has 37 heavy (non-hydrogen) atoms. The van der Waals surface area contributed by atoms with Gasteiger partial charge in [0.2, 0.25) is 10.0 Å². The van der Waals surface area contributed by atoms with Gasteiger partial charge in [0.25, 0.3) is 0 Å². The van der Waals surface area contributed by atoms with E-state index in [1.54, 1.807) is 16.4 Å². The first-order chi connectivity index (χ1) is 17.9. The van der Waals surface area contributed by atoms with Crippen molar-refractivity contribution in [1.82, 2.24) is 4.31 Å². The van der Waals surface area contributed by atoms with Crippen LogP contribution >= 0.6 is 0 Å². The van der Waals surface area contributed by atoms with Gasteiger partial charge in [0.15, 0.2) is 0 Å². The van der Waals surface area contributed by atoms with Crippen LogP contribution in [0, 0.1) is 19.8 Å². The van der Waals surface area contributed by atoms with E-state index in [2.05, 4.69) is 97.9 Å². The van der Waals surface area contributed by atoms with Gasteiger partial charge in [0.1, 0.15) is 8.80 Å². The summed E-state index contributed by atoms with van der Waals surface area (Å²) in [4.78, 5) is 0.366. The van der Waals surface area contributed by atoms with Crippen LogP contribution in [-0.2, 0) is 10.0 Å². The summed E-state index contributed by atoms with van der Waals surface area (Å²) in [6.07, 6.45) is 2.21. The Labute approximate surface area is 222 Å². The molecule has 1 atom stereocenters. The Hall–Kier alpha value is -3.25. The summed E-state index contributed by atoms with van der Waals surface area (Å²) in [7, 11) is -4.69. The molecule has 1 fully saturated rings. The molecular formula is C32H32NO2SSi. The monoisotopic (exact) mass is 522 g/mol. The van der Waals surface area contributed by atoms with Crippen LogP contribution in [0.1, 0.15) is 16.7 Å². The lowest BCUT2D eigenvalue weighted by atomic mass is 10.0. The fourth-order valence-corrected chi connectivity index (χ4v) is 9.32. The maximum atomic E-state index is 13.7. The molecule has 1 saturated heterocycles. The summed E-state index contributed by atoms with van der Waals surface area (Å²) in [6, 6.07) is 38.0. The predicted molar refractivity (Wildman–Crippen MR) is 155 cm³/mol. The van der Waals surface area contributed by atoms with Gasteiger partial charge in [-0.15, -0.1) is 0 Å². The van der Waals surface area contributed by atoms with E-state index in [1.807, 2.05) is 19.1 Å². The van der Waals surface area contributed by atoms with Crippen LogP contribution in [0.2, 0.25) is 6.04 Å². The van der Waals surface area contributed by atoms with Crippen molar-refractivity contribution in [3.63, 3.8) is 0 Å². The van der Waals surface area contributed by atoms with E-state index in [1.165, 1.54) is 21.5 Å². The van der Waals surface area contributed by atoms with Gasteiger partial charge in [-0.2, -0.15) is 4.31 Å². The van der Waals surface area contributed by atoms with Crippen LogP contribution in [0.5, 0.6) is 0 Å². The molecule has 0 aromatic heterocycles. The molecule has 1 aliphatic rings. The van der Waals surface area contributed by atoms with E-state index in [0.717, 1.165) is 17.2 Å². The Morgan fingerprint density at radius 3 is 1.81 bits per heavy atom. The summed E-state index contributed by atoms with van der Waals surface area (Å²) < 4.78 is 29.0. The molecular weight excluding hydrogens is 491 g/mol. The Kier molecular flexibility index (Phi) is 7.56. The van der Waals surface area contributed by atoms with Crippen molar-refractivity contribution in [3.05, 3.63) is 131 Å². The third-order valence-electron chi connectivity index (χ3n) is 7.09. The molecule has 5 heteroatoms. The Morgan fingerprint density at radius 1 is 0.757 bits per heavy atom. The molecule has 0 amide bonds. The van der Waals surface area contributed by atoms with Crippen LogP contribution in [0.15, 0.2) is 120 Å². The number of hydrogen-bond donors (Lipinski definition) is 0. The highest BCUT2D eigenvalue weighted by molar-refractivity contribution is 7.89. The van der Waals surface area contributed by atoms with Crippen LogP contribution in [-0.4, -0.2) is 34.6 Å². The number of hydrogen-bond acceptors (Lipinski definition) is 2. The van der Waals surface area contributed by atoms with Crippen molar-refractivity contribution in [3.8, 4) is 0 Å². The normalized spacial score (nSPS) is 17.5. The van der Waals surface area contributed by atoms with Crippen molar-refractivity contribution in [2.75, 3.05) is 13.1 Å². The Morgan fingerprint density at radius 2 is 1.27 bits per heavy atom. The number of aryl methyl sites for hydroxylation is 2. The predicted octanol–water partition coefficient (Wildman–Crippen LogP) is 5.32. The van der Waals surface area contributed by atoms with E-state index in [0.29, 0.717) is 18.0 Å². The van der Waals surface area contributed by atoms with Gasteiger partial charge in [-0.05, 0) is 43.5 Å². The van der Waals surface area contributed by atoms with Crippen molar-refractivity contribution < 1.29 is 8.42 Å². The lowest BCUT2D eigenvalue weighted by Gasteiger charge is -2.21. The molecule has 1 unspecified atom stereocenters. The molecule has 0 aliphatic carbocycles. The summed E-state index contributed by atoms with van der Waals surface area (Å²) in [5.74, 6) is 0.149. The van der Waals surface area contributed by atoms with E-state index in [-0.39, 0.29) is 5.92 Å². The summed E-state index contributed by atoms with van der Waals surface area (Å²) >= 11 is 0. The first-order valence-corrected chi connectivity index (χ1v) is 15.9. The molecule has 0 N–H and O–H groups in total. The van der Waals surface area contributed by atoms with Gasteiger partial charge in [0, 0.05) is 13.1 Å². The van der Waals surface area contributed by atoms with E-state index >= 15 is 0 Å². The molecule has 5 rings (SSSR count). The smallest absolute Gasteiger partial charge is 0.207 e. The Bertz CT molecular complexity index is 1430. The second-order valence-corrected chi connectivity index (χ2v) is 14.3. The quantitative estimate of drug-likeness (QED) is 0.308. The number of sulfonamides is 1.